The van der Waals surface area contributed by atoms with Crippen molar-refractivity contribution in [2.45, 2.75) is 65.5 Å². The van der Waals surface area contributed by atoms with Gasteiger partial charge in [-0.05, 0) is 56.5 Å². The summed E-state index contributed by atoms with van der Waals surface area (Å²) in [5, 5.41) is 4.06. The molecule has 0 amide bonds. The van der Waals surface area contributed by atoms with Crippen molar-refractivity contribution in [3.8, 4) is 0 Å². The lowest BCUT2D eigenvalue weighted by Gasteiger charge is -2.43. The van der Waals surface area contributed by atoms with E-state index in [9.17, 15) is 0 Å². The molecule has 1 N–H and O–H groups in total. The van der Waals surface area contributed by atoms with E-state index in [4.69, 9.17) is 0 Å². The van der Waals surface area contributed by atoms with Gasteiger partial charge in [0.15, 0.2) is 0 Å². The lowest BCUT2D eigenvalue weighted by atomic mass is 9.73. The van der Waals surface area contributed by atoms with Crippen molar-refractivity contribution in [1.29, 1.82) is 0 Å². The Hall–Kier alpha value is -0.0800. The Morgan fingerprint density at radius 2 is 1.79 bits per heavy atom. The van der Waals surface area contributed by atoms with Crippen LogP contribution in [0.3, 0.4) is 0 Å². The van der Waals surface area contributed by atoms with Crippen molar-refractivity contribution < 1.29 is 0 Å². The molecule has 5 atom stereocenters. The van der Waals surface area contributed by atoms with Crippen LogP contribution in [0.5, 0.6) is 0 Å². The average molecular weight is 266 g/mol. The average Bonchev–Trinajstić information content (AvgIpc) is 2.32. The molecule has 1 saturated heterocycles. The second kappa shape index (κ2) is 6.58. The van der Waals surface area contributed by atoms with E-state index in [2.05, 4.69) is 45.0 Å². The number of hydrogen-bond donors (Lipinski definition) is 1. The number of hydrogen-bond acceptors (Lipinski definition) is 2. The predicted octanol–water partition coefficient (Wildman–Crippen LogP) is 3.38. The van der Waals surface area contributed by atoms with Crippen LogP contribution in [0, 0.1) is 23.7 Å². The molecule has 0 spiro atoms. The highest BCUT2D eigenvalue weighted by Crippen LogP contribution is 2.34. The van der Waals surface area contributed by atoms with E-state index in [0.29, 0.717) is 0 Å². The van der Waals surface area contributed by atoms with Crippen LogP contribution in [0.15, 0.2) is 0 Å². The third kappa shape index (κ3) is 3.95. The second-order valence-electron chi connectivity index (χ2n) is 7.73. The van der Waals surface area contributed by atoms with E-state index in [0.717, 1.165) is 35.8 Å². The van der Waals surface area contributed by atoms with Gasteiger partial charge in [0.2, 0.25) is 0 Å². The smallest absolute Gasteiger partial charge is 0.0120 e. The van der Waals surface area contributed by atoms with Crippen molar-refractivity contribution in [2.75, 3.05) is 20.1 Å². The fourth-order valence-corrected chi connectivity index (χ4v) is 4.27. The highest BCUT2D eigenvalue weighted by molar-refractivity contribution is 4.90. The van der Waals surface area contributed by atoms with Crippen molar-refractivity contribution >= 4 is 0 Å². The molecule has 1 saturated carbocycles. The van der Waals surface area contributed by atoms with Crippen LogP contribution in [-0.2, 0) is 0 Å². The second-order valence-corrected chi connectivity index (χ2v) is 7.73. The van der Waals surface area contributed by atoms with E-state index in [1.807, 2.05) is 0 Å². The summed E-state index contributed by atoms with van der Waals surface area (Å²) in [4.78, 5) is 2.48. The van der Waals surface area contributed by atoms with Crippen LogP contribution in [0.2, 0.25) is 0 Å². The molecule has 0 bridgehead atoms. The molecule has 1 aliphatic carbocycles. The first-order chi connectivity index (χ1) is 8.97. The summed E-state index contributed by atoms with van der Waals surface area (Å²) in [6.45, 7) is 12.2. The molecular formula is C17H34N2. The molecule has 0 aromatic carbocycles. The Morgan fingerprint density at radius 3 is 2.42 bits per heavy atom. The highest BCUT2D eigenvalue weighted by Gasteiger charge is 2.34. The molecule has 1 heterocycles. The number of nitrogens with one attached hydrogen (secondary N) is 1. The van der Waals surface area contributed by atoms with Crippen LogP contribution in [0.25, 0.3) is 0 Å². The third-order valence-corrected chi connectivity index (χ3v) is 5.56. The molecule has 112 valence electrons. The van der Waals surface area contributed by atoms with Gasteiger partial charge in [0.05, 0.1) is 0 Å². The van der Waals surface area contributed by atoms with Gasteiger partial charge in [0.1, 0.15) is 0 Å². The van der Waals surface area contributed by atoms with Gasteiger partial charge in [0, 0.05) is 18.6 Å². The molecule has 2 heteroatoms. The molecule has 5 unspecified atom stereocenters. The van der Waals surface area contributed by atoms with Gasteiger partial charge in [0.25, 0.3) is 0 Å². The number of rotatable bonds is 3. The minimum atomic E-state index is 0.743. The monoisotopic (exact) mass is 266 g/mol. The maximum atomic E-state index is 4.06. The molecule has 1 aliphatic heterocycles. The maximum Gasteiger partial charge on any atom is 0.0120 e. The topological polar surface area (TPSA) is 15.3 Å². The van der Waals surface area contributed by atoms with Crippen LogP contribution in [0.4, 0.5) is 0 Å². The molecule has 2 fully saturated rings. The van der Waals surface area contributed by atoms with Crippen LogP contribution in [0.1, 0.15) is 53.4 Å². The van der Waals surface area contributed by atoms with Crippen molar-refractivity contribution in [3.63, 3.8) is 0 Å². The Kier molecular flexibility index (Phi) is 5.30. The zero-order chi connectivity index (χ0) is 14.0. The number of piperidine rings is 1. The zero-order valence-corrected chi connectivity index (χ0v) is 13.7. The highest BCUT2D eigenvalue weighted by atomic mass is 15.1. The van der Waals surface area contributed by atoms with Crippen LogP contribution < -0.4 is 5.32 Å². The van der Waals surface area contributed by atoms with E-state index < -0.39 is 0 Å². The summed E-state index contributed by atoms with van der Waals surface area (Å²) in [5.41, 5.74) is 0. The summed E-state index contributed by atoms with van der Waals surface area (Å²) in [6, 6.07) is 1.51. The molecular weight excluding hydrogens is 232 g/mol. The minimum Gasteiger partial charge on any atom is -0.311 e. The normalized spacial score (nSPS) is 41.7. The van der Waals surface area contributed by atoms with Gasteiger partial charge < -0.3 is 10.2 Å². The first kappa shape index (κ1) is 15.3. The molecule has 0 radical (unpaired) electrons. The first-order valence-corrected chi connectivity index (χ1v) is 8.42. The Balaban J connectivity index is 1.94. The van der Waals surface area contributed by atoms with Crippen molar-refractivity contribution in [2.24, 2.45) is 23.7 Å². The standard InChI is InChI=1S/C17H34N2/c1-12(2)15-7-6-13(3)10-17(15)18-16-8-9-19(5)11-14(16)4/h12-18H,6-11H2,1-5H3. The summed E-state index contributed by atoms with van der Waals surface area (Å²) in [5.74, 6) is 3.42. The van der Waals surface area contributed by atoms with E-state index in [-0.39, 0.29) is 0 Å². The molecule has 2 rings (SSSR count). The molecule has 0 aromatic heterocycles. The van der Waals surface area contributed by atoms with Gasteiger partial charge in [-0.25, -0.2) is 0 Å². The molecule has 0 aromatic rings. The fourth-order valence-electron chi connectivity index (χ4n) is 4.27. The summed E-state index contributed by atoms with van der Waals surface area (Å²) in [6.07, 6.45) is 5.58. The van der Waals surface area contributed by atoms with Gasteiger partial charge in [-0.3, -0.25) is 0 Å². The Bertz CT molecular complexity index is 276. The number of likely N-dealkylation sites (tertiary alicyclic amines) is 1. The largest absolute Gasteiger partial charge is 0.311 e. The van der Waals surface area contributed by atoms with Crippen LogP contribution >= 0.6 is 0 Å². The lowest BCUT2D eigenvalue weighted by Crippen LogP contribution is -2.53. The summed E-state index contributed by atoms with van der Waals surface area (Å²) >= 11 is 0. The van der Waals surface area contributed by atoms with Gasteiger partial charge in [-0.2, -0.15) is 0 Å². The predicted molar refractivity (Wildman–Crippen MR) is 83.3 cm³/mol. The third-order valence-electron chi connectivity index (χ3n) is 5.56. The quantitative estimate of drug-likeness (QED) is 0.842. The zero-order valence-electron chi connectivity index (χ0n) is 13.7. The van der Waals surface area contributed by atoms with E-state index in [1.165, 1.54) is 38.8 Å². The van der Waals surface area contributed by atoms with Gasteiger partial charge in [-0.15, -0.1) is 0 Å². The molecule has 19 heavy (non-hydrogen) atoms. The van der Waals surface area contributed by atoms with Gasteiger partial charge >= 0.3 is 0 Å². The Labute approximate surface area is 120 Å². The summed E-state index contributed by atoms with van der Waals surface area (Å²) < 4.78 is 0. The SMILES string of the molecule is CC1CCC(C(C)C)C(NC2CCN(C)CC2C)C1. The lowest BCUT2D eigenvalue weighted by molar-refractivity contribution is 0.114. The van der Waals surface area contributed by atoms with Crippen molar-refractivity contribution in [1.82, 2.24) is 10.2 Å². The van der Waals surface area contributed by atoms with Crippen LogP contribution in [-0.4, -0.2) is 37.1 Å². The Morgan fingerprint density at radius 1 is 1.05 bits per heavy atom. The number of nitrogens with zero attached hydrogens (tertiary/aromatic N) is 1. The van der Waals surface area contributed by atoms with E-state index in [1.54, 1.807) is 0 Å². The van der Waals surface area contributed by atoms with Gasteiger partial charge in [-0.1, -0.05) is 34.1 Å². The summed E-state index contributed by atoms with van der Waals surface area (Å²) in [7, 11) is 2.26. The van der Waals surface area contributed by atoms with E-state index >= 15 is 0 Å². The fraction of sp³-hybridized carbons (Fsp3) is 1.00. The first-order valence-electron chi connectivity index (χ1n) is 8.42. The minimum absolute atomic E-state index is 0.743. The van der Waals surface area contributed by atoms with Crippen molar-refractivity contribution in [3.05, 3.63) is 0 Å². The maximum absolute atomic E-state index is 4.06. The molecule has 2 aliphatic rings. The molecule has 2 nitrogen and oxygen atoms in total.